The Morgan fingerprint density at radius 2 is 2.00 bits per heavy atom. The molecule has 0 radical (unpaired) electrons. The lowest BCUT2D eigenvalue weighted by Crippen LogP contribution is -2.41. The van der Waals surface area contributed by atoms with E-state index in [1.54, 1.807) is 0 Å². The van der Waals surface area contributed by atoms with Gasteiger partial charge in [0.15, 0.2) is 0 Å². The van der Waals surface area contributed by atoms with Gasteiger partial charge in [0.2, 0.25) is 5.91 Å². The smallest absolute Gasteiger partial charge is 0.220 e. The van der Waals surface area contributed by atoms with Crippen LogP contribution in [-0.2, 0) is 16.0 Å². The molecule has 3 aromatic rings. The van der Waals surface area contributed by atoms with Crippen molar-refractivity contribution in [2.45, 2.75) is 25.7 Å². The molecule has 0 saturated carbocycles. The monoisotopic (exact) mass is 441 g/mol. The third-order valence-corrected chi connectivity index (χ3v) is 6.17. The van der Waals surface area contributed by atoms with Crippen molar-refractivity contribution >= 4 is 16.8 Å². The molecule has 1 saturated heterocycles. The van der Waals surface area contributed by atoms with Crippen molar-refractivity contribution in [3.63, 3.8) is 0 Å². The van der Waals surface area contributed by atoms with E-state index in [0.29, 0.717) is 25.3 Å². The van der Waals surface area contributed by atoms with Crippen LogP contribution in [0.4, 0.5) is 8.78 Å². The number of benzene rings is 2. The number of halogens is 2. The van der Waals surface area contributed by atoms with Crippen molar-refractivity contribution in [3.8, 4) is 0 Å². The SMILES string of the molecule is CCc1cccc2c([C@H](CC(=O)NCCN3CCOCC3)c3ccc(F)cc3F)c[nH]c12. The zero-order chi connectivity index (χ0) is 22.5. The minimum Gasteiger partial charge on any atom is -0.379 e. The lowest BCUT2D eigenvalue weighted by Gasteiger charge is -2.26. The average molecular weight is 442 g/mol. The molecule has 7 heteroatoms. The van der Waals surface area contributed by atoms with Crippen LogP contribution in [0.5, 0.6) is 0 Å². The van der Waals surface area contributed by atoms with Crippen molar-refractivity contribution in [3.05, 3.63) is 70.9 Å². The van der Waals surface area contributed by atoms with Crippen LogP contribution in [0.1, 0.15) is 36.0 Å². The first-order valence-corrected chi connectivity index (χ1v) is 11.2. The van der Waals surface area contributed by atoms with Gasteiger partial charge >= 0.3 is 0 Å². The second kappa shape index (κ2) is 10.2. The van der Waals surface area contributed by atoms with E-state index in [0.717, 1.165) is 54.2 Å². The number of carbonyl (C=O) groups excluding carboxylic acids is 1. The summed E-state index contributed by atoms with van der Waals surface area (Å²) in [7, 11) is 0. The number of ether oxygens (including phenoxy) is 1. The Balaban J connectivity index is 1.57. The molecule has 2 heterocycles. The number of aromatic amines is 1. The number of morpholine rings is 1. The molecule has 1 atom stereocenters. The average Bonchev–Trinajstić information content (AvgIpc) is 3.23. The van der Waals surface area contributed by atoms with Gasteiger partial charge in [0.1, 0.15) is 11.6 Å². The Morgan fingerprint density at radius 3 is 2.75 bits per heavy atom. The van der Waals surface area contributed by atoms with Gasteiger partial charge in [-0.3, -0.25) is 9.69 Å². The van der Waals surface area contributed by atoms with Crippen LogP contribution >= 0.6 is 0 Å². The second-order valence-electron chi connectivity index (χ2n) is 8.16. The molecule has 1 aliphatic heterocycles. The molecule has 0 spiro atoms. The Bertz CT molecular complexity index is 1080. The van der Waals surface area contributed by atoms with Crippen LogP contribution in [-0.4, -0.2) is 55.2 Å². The van der Waals surface area contributed by atoms with E-state index in [2.05, 4.69) is 28.2 Å². The van der Waals surface area contributed by atoms with E-state index in [1.165, 1.54) is 12.1 Å². The van der Waals surface area contributed by atoms with Gasteiger partial charge in [-0.15, -0.1) is 0 Å². The summed E-state index contributed by atoms with van der Waals surface area (Å²) in [5.74, 6) is -1.96. The molecule has 0 aliphatic carbocycles. The predicted octanol–water partition coefficient (Wildman–Crippen LogP) is 3.98. The van der Waals surface area contributed by atoms with Gasteiger partial charge in [-0.2, -0.15) is 0 Å². The number of fused-ring (bicyclic) bond motifs is 1. The molecule has 1 amide bonds. The van der Waals surface area contributed by atoms with Crippen molar-refractivity contribution < 1.29 is 18.3 Å². The fourth-order valence-corrected chi connectivity index (χ4v) is 4.43. The Morgan fingerprint density at radius 1 is 1.19 bits per heavy atom. The van der Waals surface area contributed by atoms with Crippen LogP contribution in [0.2, 0.25) is 0 Å². The van der Waals surface area contributed by atoms with Gasteiger partial charge in [-0.1, -0.05) is 31.2 Å². The first kappa shape index (κ1) is 22.4. The first-order valence-electron chi connectivity index (χ1n) is 11.2. The quantitative estimate of drug-likeness (QED) is 0.556. The number of nitrogens with zero attached hydrogens (tertiary/aromatic N) is 1. The molecule has 32 heavy (non-hydrogen) atoms. The molecular formula is C25H29F2N3O2. The largest absolute Gasteiger partial charge is 0.379 e. The van der Waals surface area contributed by atoms with Gasteiger partial charge in [0.25, 0.3) is 0 Å². The normalized spacial score (nSPS) is 15.7. The van der Waals surface area contributed by atoms with Crippen LogP contribution in [0, 0.1) is 11.6 Å². The molecule has 4 rings (SSSR count). The number of nitrogens with one attached hydrogen (secondary N) is 2. The third kappa shape index (κ3) is 5.00. The molecule has 2 N–H and O–H groups in total. The number of hydrogen-bond acceptors (Lipinski definition) is 3. The minimum absolute atomic E-state index is 0.0783. The zero-order valence-electron chi connectivity index (χ0n) is 18.3. The van der Waals surface area contributed by atoms with E-state index in [-0.39, 0.29) is 12.3 Å². The van der Waals surface area contributed by atoms with Crippen molar-refractivity contribution in [2.24, 2.45) is 0 Å². The maximum Gasteiger partial charge on any atom is 0.220 e. The fraction of sp³-hybridized carbons (Fsp3) is 0.400. The molecular weight excluding hydrogens is 412 g/mol. The van der Waals surface area contributed by atoms with Crippen molar-refractivity contribution in [2.75, 3.05) is 39.4 Å². The summed E-state index contributed by atoms with van der Waals surface area (Å²) in [6.45, 7) is 6.47. The van der Waals surface area contributed by atoms with E-state index < -0.39 is 17.6 Å². The summed E-state index contributed by atoms with van der Waals surface area (Å²) in [6.07, 6.45) is 2.78. The summed E-state index contributed by atoms with van der Waals surface area (Å²) in [5, 5.41) is 3.92. The van der Waals surface area contributed by atoms with E-state index >= 15 is 0 Å². The van der Waals surface area contributed by atoms with E-state index in [9.17, 15) is 13.6 Å². The van der Waals surface area contributed by atoms with Crippen LogP contribution < -0.4 is 5.32 Å². The number of hydrogen-bond donors (Lipinski definition) is 2. The van der Waals surface area contributed by atoms with Gasteiger partial charge in [0, 0.05) is 61.7 Å². The summed E-state index contributed by atoms with van der Waals surface area (Å²) < 4.78 is 33.7. The Hall–Kier alpha value is -2.77. The van der Waals surface area contributed by atoms with Gasteiger partial charge in [-0.05, 0) is 29.2 Å². The molecule has 2 aromatic carbocycles. The van der Waals surface area contributed by atoms with Gasteiger partial charge in [-0.25, -0.2) is 8.78 Å². The van der Waals surface area contributed by atoms with Crippen molar-refractivity contribution in [1.82, 2.24) is 15.2 Å². The highest BCUT2D eigenvalue weighted by Crippen LogP contribution is 2.35. The number of aryl methyl sites for hydroxylation is 1. The molecule has 5 nitrogen and oxygen atoms in total. The zero-order valence-corrected chi connectivity index (χ0v) is 18.3. The maximum absolute atomic E-state index is 14.8. The highest BCUT2D eigenvalue weighted by Gasteiger charge is 2.25. The van der Waals surface area contributed by atoms with Crippen LogP contribution in [0.3, 0.4) is 0 Å². The number of H-pyrrole nitrogens is 1. The molecule has 1 aliphatic rings. The maximum atomic E-state index is 14.8. The molecule has 1 fully saturated rings. The predicted molar refractivity (Wildman–Crippen MR) is 121 cm³/mol. The second-order valence-corrected chi connectivity index (χ2v) is 8.16. The van der Waals surface area contributed by atoms with Crippen molar-refractivity contribution in [1.29, 1.82) is 0 Å². The third-order valence-electron chi connectivity index (χ3n) is 6.17. The van der Waals surface area contributed by atoms with E-state index in [1.807, 2.05) is 18.3 Å². The summed E-state index contributed by atoms with van der Waals surface area (Å²) in [5.41, 5.74) is 3.30. The van der Waals surface area contributed by atoms with Crippen LogP contribution in [0.25, 0.3) is 10.9 Å². The fourth-order valence-electron chi connectivity index (χ4n) is 4.43. The van der Waals surface area contributed by atoms with Gasteiger partial charge < -0.3 is 15.0 Å². The highest BCUT2D eigenvalue weighted by atomic mass is 19.1. The number of carbonyl (C=O) groups is 1. The number of para-hydroxylation sites is 1. The standard InChI is InChI=1S/C25H29F2N3O2/c1-2-17-4-3-5-20-22(16-29-25(17)20)21(19-7-6-18(26)14-23(19)27)15-24(31)28-8-9-30-10-12-32-13-11-30/h3-7,14,16,21,29H,2,8-13,15H2,1H3,(H,28,31)/t21-/m1/s1. The lowest BCUT2D eigenvalue weighted by atomic mass is 9.87. The number of rotatable bonds is 8. The number of aromatic nitrogens is 1. The van der Waals surface area contributed by atoms with Crippen LogP contribution in [0.15, 0.2) is 42.6 Å². The van der Waals surface area contributed by atoms with Gasteiger partial charge in [0.05, 0.1) is 13.2 Å². The Kier molecular flexibility index (Phi) is 7.17. The highest BCUT2D eigenvalue weighted by molar-refractivity contribution is 5.88. The lowest BCUT2D eigenvalue weighted by molar-refractivity contribution is -0.121. The number of amides is 1. The summed E-state index contributed by atoms with van der Waals surface area (Å²) in [4.78, 5) is 18.4. The molecule has 0 bridgehead atoms. The molecule has 0 unspecified atom stereocenters. The first-order chi connectivity index (χ1) is 15.6. The van der Waals surface area contributed by atoms with E-state index in [4.69, 9.17) is 4.74 Å². The topological polar surface area (TPSA) is 57.4 Å². The summed E-state index contributed by atoms with van der Waals surface area (Å²) >= 11 is 0. The Labute approximate surface area is 186 Å². The minimum atomic E-state index is -0.642. The summed E-state index contributed by atoms with van der Waals surface area (Å²) in [6, 6.07) is 9.57. The molecule has 170 valence electrons. The molecule has 1 aromatic heterocycles.